The van der Waals surface area contributed by atoms with E-state index in [1.54, 1.807) is 12.1 Å². The van der Waals surface area contributed by atoms with E-state index in [2.05, 4.69) is 20.6 Å². The molecular formula is C19H18ClN5O2. The number of hydrogen-bond acceptors (Lipinski definition) is 6. The molecule has 27 heavy (non-hydrogen) atoms. The van der Waals surface area contributed by atoms with Crippen molar-refractivity contribution in [3.63, 3.8) is 0 Å². The summed E-state index contributed by atoms with van der Waals surface area (Å²) in [7, 11) is 0. The number of nitrogens with zero attached hydrogens (tertiary/aromatic N) is 3. The number of anilines is 3. The zero-order valence-electron chi connectivity index (χ0n) is 14.9. The van der Waals surface area contributed by atoms with Crippen molar-refractivity contribution in [2.24, 2.45) is 0 Å². The first-order chi connectivity index (χ1) is 12.9. The van der Waals surface area contributed by atoms with Gasteiger partial charge in [0.1, 0.15) is 6.33 Å². The summed E-state index contributed by atoms with van der Waals surface area (Å²) in [5.41, 5.74) is 3.45. The molecule has 0 bridgehead atoms. The summed E-state index contributed by atoms with van der Waals surface area (Å²) in [5, 5.41) is 18.2. The van der Waals surface area contributed by atoms with Crippen LogP contribution in [0, 0.1) is 24.0 Å². The minimum atomic E-state index is -0.504. The summed E-state index contributed by atoms with van der Waals surface area (Å²) in [4.78, 5) is 19.2. The van der Waals surface area contributed by atoms with E-state index < -0.39 is 4.92 Å². The number of nitrogens with one attached hydrogen (secondary N) is 2. The highest BCUT2D eigenvalue weighted by molar-refractivity contribution is 6.31. The van der Waals surface area contributed by atoms with E-state index >= 15 is 0 Å². The second kappa shape index (κ2) is 8.01. The van der Waals surface area contributed by atoms with Crippen LogP contribution in [0.4, 0.5) is 23.0 Å². The van der Waals surface area contributed by atoms with Crippen LogP contribution in [0.2, 0.25) is 5.02 Å². The van der Waals surface area contributed by atoms with Gasteiger partial charge >= 0.3 is 5.69 Å². The van der Waals surface area contributed by atoms with E-state index in [1.807, 2.05) is 44.2 Å². The van der Waals surface area contributed by atoms with Crippen molar-refractivity contribution < 1.29 is 4.92 Å². The summed E-state index contributed by atoms with van der Waals surface area (Å²) in [6.07, 6.45) is 1.28. The molecule has 3 aromatic rings. The molecule has 0 saturated carbocycles. The number of aromatic nitrogens is 2. The highest BCUT2D eigenvalue weighted by atomic mass is 35.5. The average molecular weight is 384 g/mol. The third-order valence-corrected chi connectivity index (χ3v) is 4.43. The Hall–Kier alpha value is -3.19. The molecule has 2 N–H and O–H groups in total. The number of benzene rings is 2. The molecule has 7 nitrogen and oxygen atoms in total. The molecule has 1 heterocycles. The van der Waals surface area contributed by atoms with Crippen LogP contribution in [0.3, 0.4) is 0 Å². The van der Waals surface area contributed by atoms with Crippen molar-refractivity contribution in [3.8, 4) is 0 Å². The summed E-state index contributed by atoms with van der Waals surface area (Å²) in [5.74, 6) is 0.248. The Morgan fingerprint density at radius 3 is 2.44 bits per heavy atom. The first kappa shape index (κ1) is 18.6. The first-order valence-corrected chi connectivity index (χ1v) is 8.64. The van der Waals surface area contributed by atoms with E-state index in [-0.39, 0.29) is 17.3 Å². The van der Waals surface area contributed by atoms with Crippen molar-refractivity contribution in [1.82, 2.24) is 9.97 Å². The third kappa shape index (κ3) is 4.51. The van der Waals surface area contributed by atoms with Crippen LogP contribution in [-0.2, 0) is 6.54 Å². The Morgan fingerprint density at radius 1 is 1.07 bits per heavy atom. The van der Waals surface area contributed by atoms with Gasteiger partial charge in [-0.25, -0.2) is 9.97 Å². The molecule has 0 aliphatic heterocycles. The Kier molecular flexibility index (Phi) is 5.52. The molecule has 2 aromatic carbocycles. The molecule has 0 aliphatic rings. The SMILES string of the molecule is Cc1ccc(CNc2ncnc(Nc3ccc(C)c(Cl)c3)c2[N+](=O)[O-])cc1. The third-order valence-electron chi connectivity index (χ3n) is 4.02. The molecule has 0 fully saturated rings. The maximum Gasteiger partial charge on any atom is 0.353 e. The summed E-state index contributed by atoms with van der Waals surface area (Å²) in [6.45, 7) is 4.29. The molecule has 3 rings (SSSR count). The largest absolute Gasteiger partial charge is 0.360 e. The summed E-state index contributed by atoms with van der Waals surface area (Å²) < 4.78 is 0. The van der Waals surface area contributed by atoms with Crippen LogP contribution in [0.25, 0.3) is 0 Å². The molecule has 0 radical (unpaired) electrons. The van der Waals surface area contributed by atoms with E-state index in [9.17, 15) is 10.1 Å². The normalized spacial score (nSPS) is 10.5. The second-order valence-electron chi connectivity index (χ2n) is 6.10. The standard InChI is InChI=1S/C19H18ClN5O2/c1-12-3-6-14(7-4-12)10-21-18-17(25(26)27)19(23-11-22-18)24-15-8-5-13(2)16(20)9-15/h3-9,11H,10H2,1-2H3,(H2,21,22,23,24). The predicted octanol–water partition coefficient (Wildman–Crippen LogP) is 5.01. The van der Waals surface area contributed by atoms with Gasteiger partial charge < -0.3 is 10.6 Å². The highest BCUT2D eigenvalue weighted by Gasteiger charge is 2.23. The van der Waals surface area contributed by atoms with Crippen molar-refractivity contribution >= 4 is 34.6 Å². The van der Waals surface area contributed by atoms with E-state index in [1.165, 1.54) is 6.33 Å². The van der Waals surface area contributed by atoms with Gasteiger partial charge in [0.15, 0.2) is 0 Å². The number of hydrogen-bond donors (Lipinski definition) is 2. The van der Waals surface area contributed by atoms with Crippen LogP contribution in [0.5, 0.6) is 0 Å². The van der Waals surface area contributed by atoms with E-state index in [0.717, 1.165) is 16.7 Å². The lowest BCUT2D eigenvalue weighted by atomic mass is 10.1. The predicted molar refractivity (Wildman–Crippen MR) is 107 cm³/mol. The van der Waals surface area contributed by atoms with Crippen LogP contribution in [0.15, 0.2) is 48.8 Å². The lowest BCUT2D eigenvalue weighted by Gasteiger charge is -2.11. The van der Waals surface area contributed by atoms with Gasteiger partial charge in [0.05, 0.1) is 4.92 Å². The number of halogens is 1. The van der Waals surface area contributed by atoms with Gasteiger partial charge in [-0.15, -0.1) is 0 Å². The van der Waals surface area contributed by atoms with Gasteiger partial charge in [-0.05, 0) is 37.1 Å². The van der Waals surface area contributed by atoms with Crippen molar-refractivity contribution in [1.29, 1.82) is 0 Å². The average Bonchev–Trinajstić information content (AvgIpc) is 2.64. The van der Waals surface area contributed by atoms with Crippen LogP contribution in [-0.4, -0.2) is 14.9 Å². The summed E-state index contributed by atoms with van der Waals surface area (Å²) >= 11 is 6.12. The van der Waals surface area contributed by atoms with Crippen LogP contribution < -0.4 is 10.6 Å². The van der Waals surface area contributed by atoms with Gasteiger partial charge in [-0.3, -0.25) is 10.1 Å². The molecule has 1 aromatic heterocycles. The maximum atomic E-state index is 11.6. The minimum absolute atomic E-state index is 0.0984. The second-order valence-corrected chi connectivity index (χ2v) is 6.51. The molecule has 8 heteroatoms. The molecule has 0 atom stereocenters. The quantitative estimate of drug-likeness (QED) is 0.459. The molecule has 0 spiro atoms. The van der Waals surface area contributed by atoms with E-state index in [0.29, 0.717) is 17.3 Å². The van der Waals surface area contributed by atoms with Crippen molar-refractivity contribution in [3.05, 3.63) is 80.6 Å². The van der Waals surface area contributed by atoms with Crippen LogP contribution in [0.1, 0.15) is 16.7 Å². The lowest BCUT2D eigenvalue weighted by molar-refractivity contribution is -0.383. The molecule has 0 unspecified atom stereocenters. The Balaban J connectivity index is 1.86. The fourth-order valence-electron chi connectivity index (χ4n) is 2.47. The molecule has 0 saturated heterocycles. The highest BCUT2D eigenvalue weighted by Crippen LogP contribution is 2.32. The molecule has 138 valence electrons. The molecular weight excluding hydrogens is 366 g/mol. The maximum absolute atomic E-state index is 11.6. The van der Waals surface area contributed by atoms with E-state index in [4.69, 9.17) is 11.6 Å². The lowest BCUT2D eigenvalue weighted by Crippen LogP contribution is -2.08. The fraction of sp³-hybridized carbons (Fsp3) is 0.158. The Bertz CT molecular complexity index is 976. The van der Waals surface area contributed by atoms with Gasteiger partial charge in [0, 0.05) is 17.3 Å². The topological polar surface area (TPSA) is 93.0 Å². The monoisotopic (exact) mass is 383 g/mol. The number of aryl methyl sites for hydroxylation is 2. The molecule has 0 amide bonds. The zero-order chi connectivity index (χ0) is 19.4. The van der Waals surface area contributed by atoms with Crippen LogP contribution >= 0.6 is 11.6 Å². The Labute approximate surface area is 161 Å². The van der Waals surface area contributed by atoms with Gasteiger partial charge in [-0.2, -0.15) is 0 Å². The number of rotatable bonds is 6. The fourth-order valence-corrected chi connectivity index (χ4v) is 2.65. The Morgan fingerprint density at radius 2 is 1.78 bits per heavy atom. The van der Waals surface area contributed by atoms with Gasteiger partial charge in [0.25, 0.3) is 0 Å². The summed E-state index contributed by atoms with van der Waals surface area (Å²) in [6, 6.07) is 13.2. The molecule has 0 aliphatic carbocycles. The number of nitro groups is 1. The minimum Gasteiger partial charge on any atom is -0.360 e. The van der Waals surface area contributed by atoms with Gasteiger partial charge in [-0.1, -0.05) is 47.5 Å². The van der Waals surface area contributed by atoms with Crippen molar-refractivity contribution in [2.75, 3.05) is 10.6 Å². The zero-order valence-corrected chi connectivity index (χ0v) is 15.6. The van der Waals surface area contributed by atoms with Crippen molar-refractivity contribution in [2.45, 2.75) is 20.4 Å². The first-order valence-electron chi connectivity index (χ1n) is 8.26. The smallest absolute Gasteiger partial charge is 0.353 e. The van der Waals surface area contributed by atoms with Gasteiger partial charge in [0.2, 0.25) is 11.6 Å².